The van der Waals surface area contributed by atoms with Gasteiger partial charge >= 0.3 is 0 Å². The van der Waals surface area contributed by atoms with Crippen molar-refractivity contribution in [1.82, 2.24) is 14.5 Å². The third-order valence-corrected chi connectivity index (χ3v) is 8.89. The first kappa shape index (κ1) is 25.2. The highest BCUT2D eigenvalue weighted by molar-refractivity contribution is 7.98. The van der Waals surface area contributed by atoms with Crippen LogP contribution in [0.5, 0.6) is 0 Å². The van der Waals surface area contributed by atoms with Crippen molar-refractivity contribution in [2.45, 2.75) is 61.4 Å². The van der Waals surface area contributed by atoms with Crippen LogP contribution in [-0.2, 0) is 23.1 Å². The van der Waals surface area contributed by atoms with Crippen LogP contribution in [0.25, 0.3) is 0 Å². The SMILES string of the molecule is CSc1ccc(S(=O)(=O)NCc2ccc(CN3CCCC3)cc2)cc1C(=O)N1CCCCCC1. The number of likely N-dealkylation sites (tertiary alicyclic amines) is 2. The van der Waals surface area contributed by atoms with E-state index in [4.69, 9.17) is 0 Å². The van der Waals surface area contributed by atoms with Crippen LogP contribution in [-0.4, -0.2) is 56.6 Å². The number of rotatable bonds is 8. The Kier molecular flexibility index (Phi) is 8.69. The highest BCUT2D eigenvalue weighted by Gasteiger charge is 2.23. The molecule has 0 aliphatic carbocycles. The van der Waals surface area contributed by atoms with Gasteiger partial charge in [-0.05, 0) is 74.4 Å². The van der Waals surface area contributed by atoms with Crippen LogP contribution in [0.1, 0.15) is 60.0 Å². The van der Waals surface area contributed by atoms with Gasteiger partial charge in [0.2, 0.25) is 10.0 Å². The first-order valence-corrected chi connectivity index (χ1v) is 14.9. The third kappa shape index (κ3) is 6.42. The van der Waals surface area contributed by atoms with Crippen molar-refractivity contribution in [3.05, 3.63) is 59.2 Å². The van der Waals surface area contributed by atoms with Crippen molar-refractivity contribution in [1.29, 1.82) is 0 Å². The van der Waals surface area contributed by atoms with Crippen LogP contribution in [0.3, 0.4) is 0 Å². The van der Waals surface area contributed by atoms with Gasteiger partial charge in [-0.15, -0.1) is 11.8 Å². The molecule has 0 atom stereocenters. The maximum atomic E-state index is 13.2. The van der Waals surface area contributed by atoms with Gasteiger partial charge in [-0.3, -0.25) is 9.69 Å². The van der Waals surface area contributed by atoms with E-state index in [9.17, 15) is 13.2 Å². The number of sulfonamides is 1. The van der Waals surface area contributed by atoms with E-state index < -0.39 is 10.0 Å². The molecular formula is C26H35N3O3S2. The van der Waals surface area contributed by atoms with Crippen molar-refractivity contribution in [3.8, 4) is 0 Å². The smallest absolute Gasteiger partial charge is 0.255 e. The molecule has 0 saturated carbocycles. The lowest BCUT2D eigenvalue weighted by Crippen LogP contribution is -2.32. The Hall–Kier alpha value is -1.87. The Morgan fingerprint density at radius 1 is 0.882 bits per heavy atom. The number of amides is 1. The number of carbonyl (C=O) groups excluding carboxylic acids is 1. The van der Waals surface area contributed by atoms with Gasteiger partial charge in [-0.1, -0.05) is 37.1 Å². The molecule has 34 heavy (non-hydrogen) atoms. The second kappa shape index (κ2) is 11.7. The van der Waals surface area contributed by atoms with Gasteiger partial charge in [0.1, 0.15) is 0 Å². The Labute approximate surface area is 208 Å². The molecular weight excluding hydrogens is 466 g/mol. The van der Waals surface area contributed by atoms with E-state index in [2.05, 4.69) is 21.8 Å². The maximum Gasteiger partial charge on any atom is 0.255 e. The van der Waals surface area contributed by atoms with E-state index in [-0.39, 0.29) is 17.3 Å². The average Bonchev–Trinajstić information content (AvgIpc) is 3.21. The Bertz CT molecular complexity index is 1070. The van der Waals surface area contributed by atoms with Gasteiger partial charge in [-0.2, -0.15) is 0 Å². The minimum Gasteiger partial charge on any atom is -0.339 e. The molecule has 2 aliphatic heterocycles. The Morgan fingerprint density at radius 2 is 1.50 bits per heavy atom. The predicted molar refractivity (Wildman–Crippen MR) is 138 cm³/mol. The molecule has 4 rings (SSSR count). The lowest BCUT2D eigenvalue weighted by atomic mass is 10.1. The number of nitrogens with zero attached hydrogens (tertiary/aromatic N) is 2. The van der Waals surface area contributed by atoms with Crippen molar-refractivity contribution in [2.24, 2.45) is 0 Å². The number of thioether (sulfide) groups is 1. The molecule has 2 heterocycles. The summed E-state index contributed by atoms with van der Waals surface area (Å²) in [7, 11) is -3.74. The van der Waals surface area contributed by atoms with Crippen LogP contribution in [0.2, 0.25) is 0 Å². The lowest BCUT2D eigenvalue weighted by Gasteiger charge is -2.22. The zero-order chi connectivity index (χ0) is 24.0. The second-order valence-corrected chi connectivity index (χ2v) is 11.8. The van der Waals surface area contributed by atoms with Gasteiger partial charge < -0.3 is 4.90 Å². The van der Waals surface area contributed by atoms with Crippen LogP contribution < -0.4 is 4.72 Å². The summed E-state index contributed by atoms with van der Waals surface area (Å²) in [6.07, 6.45) is 8.71. The molecule has 0 aromatic heterocycles. The number of hydrogen-bond donors (Lipinski definition) is 1. The monoisotopic (exact) mass is 501 g/mol. The van der Waals surface area contributed by atoms with Gasteiger partial charge in [0.05, 0.1) is 10.5 Å². The van der Waals surface area contributed by atoms with Crippen molar-refractivity contribution in [2.75, 3.05) is 32.4 Å². The molecule has 0 unspecified atom stereocenters. The molecule has 2 aromatic carbocycles. The minimum atomic E-state index is -3.74. The highest BCUT2D eigenvalue weighted by atomic mass is 32.2. The minimum absolute atomic E-state index is 0.0723. The molecule has 1 N–H and O–H groups in total. The van der Waals surface area contributed by atoms with Gasteiger partial charge in [0.15, 0.2) is 0 Å². The highest BCUT2D eigenvalue weighted by Crippen LogP contribution is 2.26. The van der Waals surface area contributed by atoms with E-state index in [0.717, 1.165) is 68.9 Å². The van der Waals surface area contributed by atoms with Crippen molar-refractivity contribution < 1.29 is 13.2 Å². The van der Waals surface area contributed by atoms with Gasteiger partial charge in [0.25, 0.3) is 5.91 Å². The summed E-state index contributed by atoms with van der Waals surface area (Å²) in [4.78, 5) is 18.5. The van der Waals surface area contributed by atoms with Crippen LogP contribution >= 0.6 is 11.8 Å². The van der Waals surface area contributed by atoms with E-state index >= 15 is 0 Å². The topological polar surface area (TPSA) is 69.7 Å². The second-order valence-electron chi connectivity index (χ2n) is 9.19. The zero-order valence-corrected chi connectivity index (χ0v) is 21.6. The molecule has 0 radical (unpaired) electrons. The molecule has 184 valence electrons. The predicted octanol–water partition coefficient (Wildman–Crippen LogP) is 4.50. The normalized spacial score (nSPS) is 17.6. The fourth-order valence-electron chi connectivity index (χ4n) is 4.69. The molecule has 2 saturated heterocycles. The number of nitrogens with one attached hydrogen (secondary N) is 1. The molecule has 6 nitrogen and oxygen atoms in total. The van der Waals surface area contributed by atoms with E-state index in [1.165, 1.54) is 30.2 Å². The third-order valence-electron chi connectivity index (χ3n) is 6.70. The molecule has 0 bridgehead atoms. The fraction of sp³-hybridized carbons (Fsp3) is 0.500. The molecule has 0 spiro atoms. The number of hydrogen-bond acceptors (Lipinski definition) is 5. The summed E-state index contributed by atoms with van der Waals surface area (Å²) in [5.41, 5.74) is 2.64. The summed E-state index contributed by atoms with van der Waals surface area (Å²) in [6, 6.07) is 13.0. The summed E-state index contributed by atoms with van der Waals surface area (Å²) < 4.78 is 28.8. The fourth-order valence-corrected chi connectivity index (χ4v) is 6.30. The summed E-state index contributed by atoms with van der Waals surface area (Å²) >= 11 is 1.47. The van der Waals surface area contributed by atoms with E-state index in [1.807, 2.05) is 23.3 Å². The quantitative estimate of drug-likeness (QED) is 0.540. The summed E-state index contributed by atoms with van der Waals surface area (Å²) in [5.74, 6) is -0.0723. The standard InChI is InChI=1S/C26H35N3O3S2/c1-33-25-13-12-23(18-24(25)26(30)29-16-4-2-3-5-17-29)34(31,32)27-19-21-8-10-22(11-9-21)20-28-14-6-7-15-28/h8-13,18,27H,2-7,14-17,19-20H2,1H3. The maximum absolute atomic E-state index is 13.2. The van der Waals surface area contributed by atoms with Crippen LogP contribution in [0.4, 0.5) is 0 Å². The average molecular weight is 502 g/mol. The van der Waals surface area contributed by atoms with Crippen molar-refractivity contribution in [3.63, 3.8) is 0 Å². The first-order valence-electron chi connectivity index (χ1n) is 12.2. The van der Waals surface area contributed by atoms with Crippen LogP contribution in [0.15, 0.2) is 52.3 Å². The zero-order valence-electron chi connectivity index (χ0n) is 20.0. The van der Waals surface area contributed by atoms with Gasteiger partial charge in [-0.25, -0.2) is 13.1 Å². The first-order chi connectivity index (χ1) is 16.5. The number of benzene rings is 2. The molecule has 1 amide bonds. The van der Waals surface area contributed by atoms with Crippen molar-refractivity contribution >= 4 is 27.7 Å². The number of carbonyl (C=O) groups is 1. The van der Waals surface area contributed by atoms with E-state index in [0.29, 0.717) is 5.56 Å². The molecule has 2 fully saturated rings. The summed E-state index contributed by atoms with van der Waals surface area (Å²) in [5, 5.41) is 0. The lowest BCUT2D eigenvalue weighted by molar-refractivity contribution is 0.0758. The molecule has 2 aliphatic rings. The Balaban J connectivity index is 1.44. The van der Waals surface area contributed by atoms with E-state index in [1.54, 1.807) is 18.2 Å². The molecule has 2 aromatic rings. The van der Waals surface area contributed by atoms with Crippen LogP contribution in [0, 0.1) is 0 Å². The molecule has 8 heteroatoms. The largest absolute Gasteiger partial charge is 0.339 e. The Morgan fingerprint density at radius 3 is 2.15 bits per heavy atom. The van der Waals surface area contributed by atoms with Gasteiger partial charge in [0, 0.05) is 31.1 Å². The summed E-state index contributed by atoms with van der Waals surface area (Å²) in [6.45, 7) is 4.93.